The lowest BCUT2D eigenvalue weighted by Gasteiger charge is -2.04. The maximum atomic E-state index is 11.8. The Labute approximate surface area is 146 Å². The summed E-state index contributed by atoms with van der Waals surface area (Å²) in [4.78, 5) is 14.6. The van der Waals surface area contributed by atoms with Crippen molar-refractivity contribution in [3.05, 3.63) is 72.7 Å². The monoisotopic (exact) mass is 361 g/mol. The van der Waals surface area contributed by atoms with E-state index in [0.29, 0.717) is 6.54 Å². The second-order valence-electron chi connectivity index (χ2n) is 4.83. The maximum Gasteiger partial charge on any atom is 0.244 e. The van der Waals surface area contributed by atoms with Crippen LogP contribution < -0.4 is 5.32 Å². The number of hydrogen-bond donors (Lipinski definition) is 2. The van der Waals surface area contributed by atoms with E-state index in [4.69, 9.17) is 0 Å². The van der Waals surface area contributed by atoms with Gasteiger partial charge in [-0.2, -0.15) is 11.3 Å². The third-order valence-corrected chi connectivity index (χ3v) is 5.94. The Morgan fingerprint density at radius 3 is 2.87 bits per heavy atom. The molecule has 3 rings (SSSR count). The third-order valence-electron chi connectivity index (χ3n) is 3.17. The zero-order valence-electron chi connectivity index (χ0n) is 12.1. The second kappa shape index (κ2) is 7.70. The molecule has 1 amide bonds. The van der Waals surface area contributed by atoms with Gasteiger partial charge in [0, 0.05) is 20.7 Å². The van der Waals surface area contributed by atoms with Gasteiger partial charge in [0.05, 0.1) is 6.54 Å². The van der Waals surface area contributed by atoms with Crippen molar-refractivity contribution in [1.29, 1.82) is 0 Å². The minimum Gasteiger partial charge on any atom is -0.382 e. The van der Waals surface area contributed by atoms with Crippen LogP contribution in [0.25, 0.3) is 6.08 Å². The SMILES string of the molecule is O=C(/C=C/c1ccsc1)NCc1ccc([C@@H](O)c2cccs2)s1. The first kappa shape index (κ1) is 16.1. The van der Waals surface area contributed by atoms with Crippen molar-refractivity contribution in [2.75, 3.05) is 0 Å². The largest absolute Gasteiger partial charge is 0.382 e. The summed E-state index contributed by atoms with van der Waals surface area (Å²) in [6.07, 6.45) is 2.76. The molecule has 23 heavy (non-hydrogen) atoms. The number of carbonyl (C=O) groups is 1. The van der Waals surface area contributed by atoms with Gasteiger partial charge in [-0.05, 0) is 52.0 Å². The number of carbonyl (C=O) groups excluding carboxylic acids is 1. The Kier molecular flexibility index (Phi) is 5.40. The van der Waals surface area contributed by atoms with E-state index < -0.39 is 6.10 Å². The van der Waals surface area contributed by atoms with Gasteiger partial charge in [-0.25, -0.2) is 0 Å². The van der Waals surface area contributed by atoms with Crippen LogP contribution in [0.1, 0.15) is 26.3 Å². The van der Waals surface area contributed by atoms with Crippen molar-refractivity contribution >= 4 is 46.0 Å². The molecule has 0 spiro atoms. The van der Waals surface area contributed by atoms with E-state index in [1.807, 2.05) is 46.5 Å². The minimum atomic E-state index is -0.581. The number of aliphatic hydroxyl groups excluding tert-OH is 1. The molecule has 3 nitrogen and oxygen atoms in total. The highest BCUT2D eigenvalue weighted by molar-refractivity contribution is 7.13. The number of nitrogens with one attached hydrogen (secondary N) is 1. The molecule has 0 fully saturated rings. The number of aliphatic hydroxyl groups is 1. The number of thiophene rings is 3. The summed E-state index contributed by atoms with van der Waals surface area (Å²) in [5.41, 5.74) is 1.03. The van der Waals surface area contributed by atoms with Crippen molar-refractivity contribution in [2.45, 2.75) is 12.6 Å². The predicted molar refractivity (Wildman–Crippen MR) is 97.9 cm³/mol. The van der Waals surface area contributed by atoms with Crippen LogP contribution in [-0.4, -0.2) is 11.0 Å². The zero-order valence-corrected chi connectivity index (χ0v) is 14.6. The Morgan fingerprint density at radius 1 is 1.22 bits per heavy atom. The molecule has 0 aromatic carbocycles. The van der Waals surface area contributed by atoms with E-state index in [0.717, 1.165) is 20.2 Å². The quantitative estimate of drug-likeness (QED) is 0.644. The summed E-state index contributed by atoms with van der Waals surface area (Å²) >= 11 is 4.66. The topological polar surface area (TPSA) is 49.3 Å². The van der Waals surface area contributed by atoms with Crippen molar-refractivity contribution in [3.63, 3.8) is 0 Å². The average Bonchev–Trinajstić information content (AvgIpc) is 3.33. The van der Waals surface area contributed by atoms with E-state index in [2.05, 4.69) is 5.32 Å². The fraction of sp³-hybridized carbons (Fsp3) is 0.118. The lowest BCUT2D eigenvalue weighted by atomic mass is 10.2. The molecule has 0 aliphatic carbocycles. The molecule has 0 saturated heterocycles. The van der Waals surface area contributed by atoms with Crippen LogP contribution in [0.5, 0.6) is 0 Å². The number of hydrogen-bond acceptors (Lipinski definition) is 5. The smallest absolute Gasteiger partial charge is 0.244 e. The maximum absolute atomic E-state index is 11.8. The fourth-order valence-corrected chi connectivity index (χ4v) is 4.39. The third kappa shape index (κ3) is 4.39. The van der Waals surface area contributed by atoms with Crippen LogP contribution in [0.3, 0.4) is 0 Å². The summed E-state index contributed by atoms with van der Waals surface area (Å²) in [6.45, 7) is 0.467. The molecular weight excluding hydrogens is 346 g/mol. The average molecular weight is 362 g/mol. The normalized spacial score (nSPS) is 12.6. The molecule has 6 heteroatoms. The van der Waals surface area contributed by atoms with E-state index in [1.54, 1.807) is 17.4 Å². The van der Waals surface area contributed by atoms with Crippen molar-refractivity contribution < 1.29 is 9.90 Å². The van der Waals surface area contributed by atoms with Crippen LogP contribution in [-0.2, 0) is 11.3 Å². The molecule has 118 valence electrons. The van der Waals surface area contributed by atoms with Crippen LogP contribution in [0.2, 0.25) is 0 Å². The molecule has 0 saturated carbocycles. The molecule has 3 heterocycles. The standard InChI is InChI=1S/C17H15NO2S3/c19-16(6-3-12-7-9-21-11-12)18-10-13-4-5-15(23-13)17(20)14-2-1-8-22-14/h1-9,11,17,20H,10H2,(H,18,19)/b6-3+/t17-/m0/s1. The van der Waals surface area contributed by atoms with Crippen molar-refractivity contribution in [2.24, 2.45) is 0 Å². The predicted octanol–water partition coefficient (Wildman–Crippen LogP) is 4.28. The van der Waals surface area contributed by atoms with Gasteiger partial charge >= 0.3 is 0 Å². The van der Waals surface area contributed by atoms with Crippen molar-refractivity contribution in [1.82, 2.24) is 5.32 Å². The van der Waals surface area contributed by atoms with Gasteiger partial charge in [0.15, 0.2) is 0 Å². The van der Waals surface area contributed by atoms with Crippen LogP contribution >= 0.6 is 34.0 Å². The van der Waals surface area contributed by atoms with Gasteiger partial charge in [0.25, 0.3) is 0 Å². The van der Waals surface area contributed by atoms with Crippen LogP contribution in [0.4, 0.5) is 0 Å². The first-order valence-corrected chi connectivity index (χ1v) is 9.64. The fourth-order valence-electron chi connectivity index (χ4n) is 2.00. The van der Waals surface area contributed by atoms with Gasteiger partial charge < -0.3 is 10.4 Å². The molecule has 0 radical (unpaired) electrons. The van der Waals surface area contributed by atoms with E-state index in [-0.39, 0.29) is 5.91 Å². The summed E-state index contributed by atoms with van der Waals surface area (Å²) in [5.74, 6) is -0.120. The Bertz CT molecular complexity index is 773. The Balaban J connectivity index is 1.54. The molecule has 0 aliphatic heterocycles. The Hall–Kier alpha value is -1.73. The van der Waals surface area contributed by atoms with E-state index in [1.165, 1.54) is 28.7 Å². The van der Waals surface area contributed by atoms with Gasteiger partial charge in [-0.1, -0.05) is 6.07 Å². The van der Waals surface area contributed by atoms with Gasteiger partial charge in [0.1, 0.15) is 6.10 Å². The number of amides is 1. The molecule has 0 aliphatic rings. The summed E-state index contributed by atoms with van der Waals surface area (Å²) in [5, 5.41) is 19.1. The highest BCUT2D eigenvalue weighted by Crippen LogP contribution is 2.30. The highest BCUT2D eigenvalue weighted by atomic mass is 32.1. The molecular formula is C17H15NO2S3. The molecule has 2 N–H and O–H groups in total. The van der Waals surface area contributed by atoms with Gasteiger partial charge in [0.2, 0.25) is 5.91 Å². The van der Waals surface area contributed by atoms with Crippen molar-refractivity contribution in [3.8, 4) is 0 Å². The van der Waals surface area contributed by atoms with Crippen LogP contribution in [0.15, 0.2) is 52.5 Å². The molecule has 3 aromatic heterocycles. The van der Waals surface area contributed by atoms with Gasteiger partial charge in [-0.3, -0.25) is 4.79 Å². The van der Waals surface area contributed by atoms with Crippen LogP contribution in [0, 0.1) is 0 Å². The lowest BCUT2D eigenvalue weighted by molar-refractivity contribution is -0.116. The molecule has 3 aromatic rings. The first-order valence-electron chi connectivity index (χ1n) is 7.00. The van der Waals surface area contributed by atoms with E-state index >= 15 is 0 Å². The Morgan fingerprint density at radius 2 is 2.13 bits per heavy atom. The highest BCUT2D eigenvalue weighted by Gasteiger charge is 2.13. The first-order chi connectivity index (χ1) is 11.2. The molecule has 0 unspecified atom stereocenters. The summed E-state index contributed by atoms with van der Waals surface area (Å²) < 4.78 is 0. The van der Waals surface area contributed by atoms with E-state index in [9.17, 15) is 9.90 Å². The minimum absolute atomic E-state index is 0.120. The van der Waals surface area contributed by atoms with Gasteiger partial charge in [-0.15, -0.1) is 22.7 Å². The summed E-state index contributed by atoms with van der Waals surface area (Å²) in [6, 6.07) is 9.67. The summed E-state index contributed by atoms with van der Waals surface area (Å²) in [7, 11) is 0. The molecule has 1 atom stereocenters. The molecule has 0 bridgehead atoms. The lowest BCUT2D eigenvalue weighted by Crippen LogP contribution is -2.19. The zero-order chi connectivity index (χ0) is 16.1. The number of rotatable bonds is 6. The second-order valence-corrected chi connectivity index (χ2v) is 7.79.